The second-order valence-electron chi connectivity index (χ2n) is 8.01. The van der Waals surface area contributed by atoms with Crippen molar-refractivity contribution in [1.29, 1.82) is 0 Å². The lowest BCUT2D eigenvalue weighted by atomic mass is 9.95. The van der Waals surface area contributed by atoms with Crippen molar-refractivity contribution in [3.8, 4) is 5.75 Å². The largest absolute Gasteiger partial charge is 0.545 e. The fourth-order valence-corrected chi connectivity index (χ4v) is 4.63. The molecule has 0 radical (unpaired) electrons. The van der Waals surface area contributed by atoms with Crippen LogP contribution in [0.4, 0.5) is 0 Å². The number of aliphatic carboxylic acids is 2. The summed E-state index contributed by atoms with van der Waals surface area (Å²) in [6.07, 6.45) is 10.0. The molecule has 1 saturated heterocycles. The van der Waals surface area contributed by atoms with Crippen LogP contribution in [-0.4, -0.2) is 48.1 Å². The summed E-state index contributed by atoms with van der Waals surface area (Å²) in [4.78, 5) is 21.5. The molecule has 7 nitrogen and oxygen atoms in total. The summed E-state index contributed by atoms with van der Waals surface area (Å²) < 4.78 is 8.28. The van der Waals surface area contributed by atoms with Gasteiger partial charge in [-0.1, -0.05) is 18.6 Å². The molecule has 2 heterocycles. The maximum atomic E-state index is 9.41. The number of methoxy groups -OCH3 is 1. The van der Waals surface area contributed by atoms with Gasteiger partial charge in [-0.15, -0.1) is 0 Å². The Labute approximate surface area is 182 Å². The molecule has 7 heteroatoms. The average molecular weight is 427 g/mol. The molecule has 0 N–H and O–H groups in total. The standard InChI is InChI=1S/C20H28N2O.C4H4O4/c1-23-19-11-7-9-17-16-8-3-4-10-18(16)22(20(17)19)15-14-21-12-5-2-6-13-21;5-3(6)1-2-4(7)8/h7,9,11H,2-6,8,10,12-15H2,1H3;1-2H,(H,5,6)(H,7,8)/p-2/b;2-1+. The highest BCUT2D eigenvalue weighted by atomic mass is 16.5. The van der Waals surface area contributed by atoms with E-state index in [1.807, 2.05) is 0 Å². The van der Waals surface area contributed by atoms with Gasteiger partial charge in [-0.05, 0) is 75.4 Å². The smallest absolute Gasteiger partial charge is 0.143 e. The van der Waals surface area contributed by atoms with Gasteiger partial charge in [0.25, 0.3) is 0 Å². The van der Waals surface area contributed by atoms with E-state index in [0.717, 1.165) is 12.3 Å². The Bertz CT molecular complexity index is 925. The summed E-state index contributed by atoms with van der Waals surface area (Å²) in [5.74, 6) is -2.06. The first-order valence-corrected chi connectivity index (χ1v) is 11.0. The number of carbonyl (C=O) groups is 2. The first-order valence-electron chi connectivity index (χ1n) is 11.0. The maximum Gasteiger partial charge on any atom is 0.143 e. The molecule has 1 aliphatic carbocycles. The number of likely N-dealkylation sites (tertiary alicyclic amines) is 1. The van der Waals surface area contributed by atoms with E-state index in [4.69, 9.17) is 4.74 Å². The average Bonchev–Trinajstić information content (AvgIpc) is 3.11. The van der Waals surface area contributed by atoms with Crippen molar-refractivity contribution in [2.45, 2.75) is 51.5 Å². The number of rotatable bonds is 6. The highest BCUT2D eigenvalue weighted by Gasteiger charge is 2.22. The van der Waals surface area contributed by atoms with Crippen molar-refractivity contribution >= 4 is 22.8 Å². The fourth-order valence-electron chi connectivity index (χ4n) is 4.63. The van der Waals surface area contributed by atoms with Gasteiger partial charge >= 0.3 is 0 Å². The summed E-state index contributed by atoms with van der Waals surface area (Å²) >= 11 is 0. The first-order chi connectivity index (χ1) is 15.0. The van der Waals surface area contributed by atoms with Gasteiger partial charge in [0.15, 0.2) is 0 Å². The molecule has 0 unspecified atom stereocenters. The number of ether oxygens (including phenoxy) is 1. The number of hydrogen-bond donors (Lipinski definition) is 0. The molecule has 2 aromatic rings. The van der Waals surface area contributed by atoms with E-state index in [1.165, 1.54) is 75.5 Å². The lowest BCUT2D eigenvalue weighted by Gasteiger charge is -2.27. The molecule has 31 heavy (non-hydrogen) atoms. The van der Waals surface area contributed by atoms with Gasteiger partial charge in [0.2, 0.25) is 0 Å². The normalized spacial score (nSPS) is 16.5. The van der Waals surface area contributed by atoms with E-state index in [2.05, 4.69) is 27.7 Å². The third-order valence-corrected chi connectivity index (χ3v) is 6.02. The van der Waals surface area contributed by atoms with E-state index in [9.17, 15) is 19.8 Å². The topological polar surface area (TPSA) is 97.7 Å². The zero-order valence-corrected chi connectivity index (χ0v) is 18.1. The van der Waals surface area contributed by atoms with E-state index in [-0.39, 0.29) is 0 Å². The number of para-hydroxylation sites is 1. The molecule has 1 aliphatic heterocycles. The van der Waals surface area contributed by atoms with Crippen LogP contribution in [0.5, 0.6) is 5.75 Å². The Hall–Kier alpha value is -2.80. The number of piperidine rings is 1. The number of benzene rings is 1. The van der Waals surface area contributed by atoms with Crippen LogP contribution in [-0.2, 0) is 29.0 Å². The number of fused-ring (bicyclic) bond motifs is 3. The van der Waals surface area contributed by atoms with E-state index in [0.29, 0.717) is 12.2 Å². The number of hydrogen-bond acceptors (Lipinski definition) is 6. The summed E-state index contributed by atoms with van der Waals surface area (Å²) in [7, 11) is 1.80. The quantitative estimate of drug-likeness (QED) is 0.641. The molecular formula is C24H30N2O5-2. The van der Waals surface area contributed by atoms with Gasteiger partial charge in [-0.3, -0.25) is 0 Å². The lowest BCUT2D eigenvalue weighted by molar-refractivity contribution is -0.301. The predicted molar refractivity (Wildman–Crippen MR) is 115 cm³/mol. The first kappa shape index (κ1) is 22.9. The molecule has 2 aliphatic rings. The molecule has 1 aromatic carbocycles. The van der Waals surface area contributed by atoms with Gasteiger partial charge in [0.05, 0.1) is 24.6 Å². The Morgan fingerprint density at radius 1 is 0.968 bits per heavy atom. The van der Waals surface area contributed by atoms with Crippen LogP contribution in [0.2, 0.25) is 0 Å². The van der Waals surface area contributed by atoms with Crippen molar-refractivity contribution in [2.24, 2.45) is 0 Å². The third-order valence-electron chi connectivity index (χ3n) is 6.02. The van der Waals surface area contributed by atoms with E-state index < -0.39 is 11.9 Å². The summed E-state index contributed by atoms with van der Waals surface area (Å²) in [6.45, 7) is 4.83. The van der Waals surface area contributed by atoms with Crippen LogP contribution >= 0.6 is 0 Å². The van der Waals surface area contributed by atoms with Gasteiger partial charge in [-0.2, -0.15) is 0 Å². The number of nitrogens with zero attached hydrogens (tertiary/aromatic N) is 2. The van der Waals surface area contributed by atoms with Crippen molar-refractivity contribution in [1.82, 2.24) is 9.47 Å². The van der Waals surface area contributed by atoms with Crippen LogP contribution < -0.4 is 14.9 Å². The van der Waals surface area contributed by atoms with Gasteiger partial charge in [0.1, 0.15) is 5.75 Å². The number of carboxylic acids is 2. The van der Waals surface area contributed by atoms with Crippen molar-refractivity contribution in [2.75, 3.05) is 26.7 Å². The highest BCUT2D eigenvalue weighted by molar-refractivity contribution is 5.91. The Morgan fingerprint density at radius 2 is 1.65 bits per heavy atom. The van der Waals surface area contributed by atoms with Crippen molar-refractivity contribution < 1.29 is 24.5 Å². The maximum absolute atomic E-state index is 9.41. The zero-order valence-electron chi connectivity index (χ0n) is 18.1. The predicted octanol–water partition coefficient (Wildman–Crippen LogP) is 1.06. The molecule has 0 bridgehead atoms. The van der Waals surface area contributed by atoms with Crippen LogP contribution in [0.3, 0.4) is 0 Å². The molecule has 1 aromatic heterocycles. The molecule has 4 rings (SSSR count). The Balaban J connectivity index is 0.000000293. The van der Waals surface area contributed by atoms with E-state index in [1.54, 1.807) is 18.4 Å². The third kappa shape index (κ3) is 5.88. The Morgan fingerprint density at radius 3 is 2.29 bits per heavy atom. The minimum Gasteiger partial charge on any atom is -0.545 e. The fraction of sp³-hybridized carbons (Fsp3) is 0.500. The summed E-state index contributed by atoms with van der Waals surface area (Å²) in [5, 5.41) is 20.3. The van der Waals surface area contributed by atoms with Crippen molar-refractivity contribution in [3.63, 3.8) is 0 Å². The van der Waals surface area contributed by atoms with Crippen LogP contribution in [0.1, 0.15) is 43.4 Å². The SMILES string of the molecule is COc1cccc2c3c(n(CCN4CCCCC4)c12)CCCC3.O=C([O-])/C=C/C(=O)[O-]. The van der Waals surface area contributed by atoms with E-state index >= 15 is 0 Å². The molecular weight excluding hydrogens is 396 g/mol. The molecule has 0 spiro atoms. The van der Waals surface area contributed by atoms with Gasteiger partial charge < -0.3 is 34.0 Å². The molecule has 1 fully saturated rings. The highest BCUT2D eigenvalue weighted by Crippen LogP contribution is 2.36. The second-order valence-corrected chi connectivity index (χ2v) is 8.01. The zero-order chi connectivity index (χ0) is 22.2. The lowest BCUT2D eigenvalue weighted by Crippen LogP contribution is -2.32. The molecule has 0 amide bonds. The molecule has 0 saturated carbocycles. The summed E-state index contributed by atoms with van der Waals surface area (Å²) in [6, 6.07) is 6.55. The monoisotopic (exact) mass is 426 g/mol. The summed E-state index contributed by atoms with van der Waals surface area (Å²) in [5.41, 5.74) is 4.50. The number of carboxylic acid groups (broad SMARTS) is 2. The van der Waals surface area contributed by atoms with Gasteiger partial charge in [-0.25, -0.2) is 0 Å². The number of carbonyl (C=O) groups excluding carboxylic acids is 2. The van der Waals surface area contributed by atoms with Crippen LogP contribution in [0.25, 0.3) is 10.9 Å². The van der Waals surface area contributed by atoms with Gasteiger partial charge in [0, 0.05) is 24.2 Å². The number of aryl methyl sites for hydroxylation is 1. The molecule has 168 valence electrons. The number of aromatic nitrogens is 1. The Kier molecular flexibility index (Phi) is 8.12. The van der Waals surface area contributed by atoms with Crippen LogP contribution in [0, 0.1) is 0 Å². The van der Waals surface area contributed by atoms with Crippen molar-refractivity contribution in [3.05, 3.63) is 41.6 Å². The minimum absolute atomic E-state index is 0.384. The second kappa shape index (κ2) is 11.0. The molecule has 0 atom stereocenters. The van der Waals surface area contributed by atoms with Crippen LogP contribution in [0.15, 0.2) is 30.4 Å². The minimum atomic E-state index is -1.55.